The van der Waals surface area contributed by atoms with E-state index in [1.807, 2.05) is 4.68 Å². The molecule has 0 atom stereocenters. The van der Waals surface area contributed by atoms with Gasteiger partial charge in [-0.25, -0.2) is 9.67 Å². The first-order valence-corrected chi connectivity index (χ1v) is 6.97. The van der Waals surface area contributed by atoms with Gasteiger partial charge in [0.1, 0.15) is 12.2 Å². The highest BCUT2D eigenvalue weighted by Gasteiger charge is 2.11. The van der Waals surface area contributed by atoms with Crippen LogP contribution in [0.1, 0.15) is 39.1 Å². The second-order valence-corrected chi connectivity index (χ2v) is 4.97. The van der Waals surface area contributed by atoms with E-state index in [0.29, 0.717) is 6.04 Å². The molecule has 0 fully saturated rings. The van der Waals surface area contributed by atoms with Crippen LogP contribution in [0.5, 0.6) is 0 Å². The molecule has 0 saturated carbocycles. The highest BCUT2D eigenvalue weighted by Crippen LogP contribution is 2.08. The molecule has 0 saturated heterocycles. The highest BCUT2D eigenvalue weighted by atomic mass is 79.9. The first-order chi connectivity index (χ1) is 7.69. The van der Waals surface area contributed by atoms with Gasteiger partial charge in [-0.3, -0.25) is 4.90 Å². The number of hydrogen-bond donors (Lipinski definition) is 0. The number of rotatable bonds is 7. The Labute approximate surface area is 106 Å². The lowest BCUT2D eigenvalue weighted by Gasteiger charge is -2.20. The smallest absolute Gasteiger partial charge is 0.141 e. The monoisotopic (exact) mass is 288 g/mol. The molecule has 1 rings (SSSR count). The van der Waals surface area contributed by atoms with E-state index in [2.05, 4.69) is 51.7 Å². The van der Waals surface area contributed by atoms with Gasteiger partial charge in [-0.05, 0) is 26.8 Å². The number of halogens is 1. The van der Waals surface area contributed by atoms with Crippen molar-refractivity contribution in [1.29, 1.82) is 0 Å². The van der Waals surface area contributed by atoms with Crippen LogP contribution in [-0.4, -0.2) is 38.1 Å². The Hall–Kier alpha value is -0.420. The van der Waals surface area contributed by atoms with Gasteiger partial charge in [0.05, 0.1) is 6.54 Å². The lowest BCUT2D eigenvalue weighted by Crippen LogP contribution is -2.28. The average Bonchev–Trinajstić information content (AvgIpc) is 2.66. The van der Waals surface area contributed by atoms with Crippen LogP contribution in [0.25, 0.3) is 0 Å². The zero-order chi connectivity index (χ0) is 12.0. The van der Waals surface area contributed by atoms with Gasteiger partial charge in [-0.15, -0.1) is 0 Å². The molecule has 1 aromatic rings. The predicted octanol–water partition coefficient (Wildman–Crippen LogP) is 2.47. The minimum Gasteiger partial charge on any atom is -0.295 e. The van der Waals surface area contributed by atoms with E-state index in [9.17, 15) is 0 Å². The van der Waals surface area contributed by atoms with Crippen molar-refractivity contribution in [3.05, 3.63) is 12.2 Å². The molecule has 92 valence electrons. The Morgan fingerprint density at radius 3 is 2.75 bits per heavy atom. The summed E-state index contributed by atoms with van der Waals surface area (Å²) in [4.78, 5) is 6.74. The zero-order valence-electron chi connectivity index (χ0n) is 10.4. The summed E-state index contributed by atoms with van der Waals surface area (Å²) in [6.45, 7) is 9.51. The van der Waals surface area contributed by atoms with Crippen molar-refractivity contribution in [1.82, 2.24) is 19.7 Å². The van der Waals surface area contributed by atoms with Crippen LogP contribution in [0.4, 0.5) is 0 Å². The zero-order valence-corrected chi connectivity index (χ0v) is 11.9. The lowest BCUT2D eigenvalue weighted by atomic mass is 10.3. The van der Waals surface area contributed by atoms with Crippen LogP contribution in [-0.2, 0) is 6.54 Å². The third-order valence-electron chi connectivity index (χ3n) is 2.44. The summed E-state index contributed by atoms with van der Waals surface area (Å²) in [5.41, 5.74) is 0. The van der Waals surface area contributed by atoms with Gasteiger partial charge in [0, 0.05) is 17.9 Å². The molecule has 0 radical (unpaired) electrons. The molecule has 16 heavy (non-hydrogen) atoms. The second-order valence-electron chi connectivity index (χ2n) is 4.18. The molecule has 0 bridgehead atoms. The maximum atomic E-state index is 4.34. The Morgan fingerprint density at radius 2 is 2.19 bits per heavy atom. The third kappa shape index (κ3) is 3.87. The number of nitrogens with zero attached hydrogens (tertiary/aromatic N) is 4. The molecule has 0 aromatic carbocycles. The van der Waals surface area contributed by atoms with E-state index < -0.39 is 0 Å². The quantitative estimate of drug-likeness (QED) is 0.723. The summed E-state index contributed by atoms with van der Waals surface area (Å²) in [7, 11) is 0. The summed E-state index contributed by atoms with van der Waals surface area (Å²) in [5, 5.41) is 5.26. The number of hydrogen-bond acceptors (Lipinski definition) is 3. The van der Waals surface area contributed by atoms with Gasteiger partial charge < -0.3 is 0 Å². The molecule has 5 heteroatoms. The van der Waals surface area contributed by atoms with Crippen molar-refractivity contribution in [2.24, 2.45) is 0 Å². The molecule has 4 nitrogen and oxygen atoms in total. The lowest BCUT2D eigenvalue weighted by molar-refractivity contribution is 0.267. The minimum absolute atomic E-state index is 0.380. The van der Waals surface area contributed by atoms with Gasteiger partial charge in [-0.2, -0.15) is 5.10 Å². The summed E-state index contributed by atoms with van der Waals surface area (Å²) >= 11 is 3.49. The van der Waals surface area contributed by atoms with Gasteiger partial charge in [0.25, 0.3) is 0 Å². The van der Waals surface area contributed by atoms with Crippen molar-refractivity contribution in [2.75, 3.05) is 18.4 Å². The highest BCUT2D eigenvalue weighted by molar-refractivity contribution is 9.09. The molecule has 0 spiro atoms. The molecule has 1 aromatic heterocycles. The second kappa shape index (κ2) is 7.01. The van der Waals surface area contributed by atoms with Crippen molar-refractivity contribution in [3.63, 3.8) is 0 Å². The SMILES string of the molecule is CCCN(CCBr)Cc1ncnn1C(C)C. The molecule has 0 aliphatic heterocycles. The minimum atomic E-state index is 0.380. The normalized spacial score (nSPS) is 11.6. The first kappa shape index (κ1) is 13.6. The van der Waals surface area contributed by atoms with Crippen molar-refractivity contribution >= 4 is 15.9 Å². The third-order valence-corrected chi connectivity index (χ3v) is 2.80. The van der Waals surface area contributed by atoms with Crippen LogP contribution in [0.3, 0.4) is 0 Å². The molecular formula is C11H21BrN4. The Balaban J connectivity index is 2.64. The van der Waals surface area contributed by atoms with Crippen molar-refractivity contribution in [3.8, 4) is 0 Å². The van der Waals surface area contributed by atoms with E-state index in [-0.39, 0.29) is 0 Å². The Kier molecular flexibility index (Phi) is 5.98. The van der Waals surface area contributed by atoms with E-state index >= 15 is 0 Å². The molecule has 1 heterocycles. The maximum absolute atomic E-state index is 4.34. The fourth-order valence-corrected chi connectivity index (χ4v) is 2.23. The summed E-state index contributed by atoms with van der Waals surface area (Å²) in [6, 6.07) is 0.380. The Bertz CT molecular complexity index is 292. The number of aromatic nitrogens is 3. The molecule has 0 aliphatic carbocycles. The maximum Gasteiger partial charge on any atom is 0.141 e. The van der Waals surface area contributed by atoms with E-state index in [1.165, 1.54) is 6.42 Å². The standard InChI is InChI=1S/C11H21BrN4/c1-4-6-15(7-5-12)8-11-13-9-14-16(11)10(2)3/h9-10H,4-8H2,1-3H3. The molecule has 0 aliphatic rings. The molecule has 0 N–H and O–H groups in total. The van der Waals surface area contributed by atoms with Crippen LogP contribution in [0.2, 0.25) is 0 Å². The first-order valence-electron chi connectivity index (χ1n) is 5.85. The predicted molar refractivity (Wildman–Crippen MR) is 69.8 cm³/mol. The Morgan fingerprint density at radius 1 is 1.44 bits per heavy atom. The van der Waals surface area contributed by atoms with Gasteiger partial charge in [0.2, 0.25) is 0 Å². The van der Waals surface area contributed by atoms with Crippen LogP contribution < -0.4 is 0 Å². The molecule has 0 amide bonds. The van der Waals surface area contributed by atoms with Crippen molar-refractivity contribution < 1.29 is 0 Å². The van der Waals surface area contributed by atoms with Gasteiger partial charge in [-0.1, -0.05) is 22.9 Å². The van der Waals surface area contributed by atoms with E-state index in [0.717, 1.165) is 30.8 Å². The molecule has 0 unspecified atom stereocenters. The van der Waals surface area contributed by atoms with Crippen LogP contribution in [0.15, 0.2) is 6.33 Å². The average molecular weight is 289 g/mol. The topological polar surface area (TPSA) is 34.0 Å². The fourth-order valence-electron chi connectivity index (χ4n) is 1.72. The summed E-state index contributed by atoms with van der Waals surface area (Å²) in [6.07, 6.45) is 2.82. The largest absolute Gasteiger partial charge is 0.295 e. The van der Waals surface area contributed by atoms with Gasteiger partial charge in [0.15, 0.2) is 0 Å². The van der Waals surface area contributed by atoms with Gasteiger partial charge >= 0.3 is 0 Å². The van der Waals surface area contributed by atoms with E-state index in [1.54, 1.807) is 6.33 Å². The van der Waals surface area contributed by atoms with E-state index in [4.69, 9.17) is 0 Å². The summed E-state index contributed by atoms with van der Waals surface area (Å²) in [5.74, 6) is 1.06. The fraction of sp³-hybridized carbons (Fsp3) is 0.818. The molecular weight excluding hydrogens is 268 g/mol. The summed E-state index contributed by atoms with van der Waals surface area (Å²) < 4.78 is 2.00. The van der Waals surface area contributed by atoms with Crippen LogP contribution in [0, 0.1) is 0 Å². The van der Waals surface area contributed by atoms with Crippen molar-refractivity contribution in [2.45, 2.75) is 39.8 Å². The number of alkyl halides is 1. The van der Waals surface area contributed by atoms with Crippen LogP contribution >= 0.6 is 15.9 Å².